The highest BCUT2D eigenvalue weighted by atomic mass is 16.2. The SMILES string of the molecule is C[C@@H]1CN(C(=O)Cc2nn(C)c(=O)c3ccccc23)C[C@@H]1N(C)C. The van der Waals surface area contributed by atoms with E-state index in [9.17, 15) is 9.59 Å². The second kappa shape index (κ2) is 6.36. The number of carbonyl (C=O) groups is 1. The molecule has 0 saturated carbocycles. The third-order valence-electron chi connectivity index (χ3n) is 4.94. The predicted molar refractivity (Wildman–Crippen MR) is 93.9 cm³/mol. The van der Waals surface area contributed by atoms with Crippen LogP contribution in [-0.2, 0) is 18.3 Å². The first-order chi connectivity index (χ1) is 11.4. The van der Waals surface area contributed by atoms with Crippen LogP contribution in [0.1, 0.15) is 12.6 Å². The molecule has 6 nitrogen and oxygen atoms in total. The van der Waals surface area contributed by atoms with E-state index in [0.29, 0.717) is 23.0 Å². The molecule has 0 spiro atoms. The number of nitrogens with zero attached hydrogens (tertiary/aromatic N) is 4. The summed E-state index contributed by atoms with van der Waals surface area (Å²) < 4.78 is 1.32. The molecular formula is C18H24N4O2. The zero-order valence-electron chi connectivity index (χ0n) is 14.7. The van der Waals surface area contributed by atoms with Gasteiger partial charge in [0.1, 0.15) is 0 Å². The van der Waals surface area contributed by atoms with Crippen molar-refractivity contribution in [2.45, 2.75) is 19.4 Å². The number of carbonyl (C=O) groups excluding carboxylic acids is 1. The van der Waals surface area contributed by atoms with Crippen molar-refractivity contribution in [3.8, 4) is 0 Å². The molecule has 1 aromatic carbocycles. The zero-order chi connectivity index (χ0) is 17.4. The fourth-order valence-electron chi connectivity index (χ4n) is 3.59. The quantitative estimate of drug-likeness (QED) is 0.839. The largest absolute Gasteiger partial charge is 0.340 e. The number of aromatic nitrogens is 2. The van der Waals surface area contributed by atoms with Crippen molar-refractivity contribution in [2.24, 2.45) is 13.0 Å². The van der Waals surface area contributed by atoms with Crippen LogP contribution in [0.2, 0.25) is 0 Å². The lowest BCUT2D eigenvalue weighted by Crippen LogP contribution is -2.36. The summed E-state index contributed by atoms with van der Waals surface area (Å²) in [6, 6.07) is 7.74. The minimum atomic E-state index is -0.135. The lowest BCUT2D eigenvalue weighted by Gasteiger charge is -2.22. The van der Waals surface area contributed by atoms with Crippen molar-refractivity contribution in [1.82, 2.24) is 19.6 Å². The van der Waals surface area contributed by atoms with Crippen LogP contribution in [0.5, 0.6) is 0 Å². The Morgan fingerprint density at radius 3 is 2.54 bits per heavy atom. The molecule has 2 atom stereocenters. The second-order valence-electron chi connectivity index (χ2n) is 6.90. The van der Waals surface area contributed by atoms with Crippen LogP contribution in [-0.4, -0.2) is 58.7 Å². The number of likely N-dealkylation sites (tertiary alicyclic amines) is 1. The molecule has 1 fully saturated rings. The Morgan fingerprint density at radius 1 is 1.25 bits per heavy atom. The van der Waals surface area contributed by atoms with E-state index < -0.39 is 0 Å². The Balaban J connectivity index is 1.87. The molecule has 128 valence electrons. The molecule has 0 bridgehead atoms. The molecule has 0 N–H and O–H groups in total. The monoisotopic (exact) mass is 328 g/mol. The maximum atomic E-state index is 12.7. The molecule has 24 heavy (non-hydrogen) atoms. The number of fused-ring (bicyclic) bond motifs is 1. The molecular weight excluding hydrogens is 304 g/mol. The summed E-state index contributed by atoms with van der Waals surface area (Å²) in [5.41, 5.74) is 0.530. The van der Waals surface area contributed by atoms with Gasteiger partial charge >= 0.3 is 0 Å². The summed E-state index contributed by atoms with van der Waals surface area (Å²) in [5.74, 6) is 0.524. The maximum Gasteiger partial charge on any atom is 0.274 e. The van der Waals surface area contributed by atoms with Crippen LogP contribution in [0.3, 0.4) is 0 Å². The Morgan fingerprint density at radius 2 is 1.92 bits per heavy atom. The molecule has 1 amide bonds. The molecule has 1 aliphatic heterocycles. The van der Waals surface area contributed by atoms with Gasteiger partial charge in [-0.1, -0.05) is 25.1 Å². The molecule has 2 heterocycles. The van der Waals surface area contributed by atoms with Gasteiger partial charge in [-0.2, -0.15) is 5.10 Å². The van der Waals surface area contributed by atoms with Crippen LogP contribution in [0, 0.1) is 5.92 Å². The van der Waals surface area contributed by atoms with E-state index in [4.69, 9.17) is 0 Å². The van der Waals surface area contributed by atoms with E-state index in [2.05, 4.69) is 31.0 Å². The normalized spacial score (nSPS) is 21.0. The Bertz CT molecular complexity index is 827. The first-order valence-electron chi connectivity index (χ1n) is 8.27. The average Bonchev–Trinajstić information content (AvgIpc) is 2.94. The van der Waals surface area contributed by atoms with Crippen molar-refractivity contribution >= 4 is 16.7 Å². The first-order valence-corrected chi connectivity index (χ1v) is 8.27. The third kappa shape index (κ3) is 2.94. The highest BCUT2D eigenvalue weighted by molar-refractivity contribution is 5.88. The van der Waals surface area contributed by atoms with E-state index in [1.165, 1.54) is 4.68 Å². The fraction of sp³-hybridized carbons (Fsp3) is 0.500. The minimum Gasteiger partial charge on any atom is -0.340 e. The number of amides is 1. The number of aryl methyl sites for hydroxylation is 1. The van der Waals surface area contributed by atoms with Crippen molar-refractivity contribution in [3.05, 3.63) is 40.3 Å². The van der Waals surface area contributed by atoms with Gasteiger partial charge in [0.2, 0.25) is 5.91 Å². The van der Waals surface area contributed by atoms with Crippen LogP contribution < -0.4 is 5.56 Å². The van der Waals surface area contributed by atoms with Gasteiger partial charge in [-0.25, -0.2) is 4.68 Å². The first kappa shape index (κ1) is 16.6. The van der Waals surface area contributed by atoms with E-state index in [1.54, 1.807) is 13.1 Å². The molecule has 0 unspecified atom stereocenters. The molecule has 1 saturated heterocycles. The van der Waals surface area contributed by atoms with Gasteiger partial charge in [0.15, 0.2) is 0 Å². The number of benzene rings is 1. The van der Waals surface area contributed by atoms with Gasteiger partial charge in [-0.15, -0.1) is 0 Å². The highest BCUT2D eigenvalue weighted by Gasteiger charge is 2.33. The fourth-order valence-corrected chi connectivity index (χ4v) is 3.59. The van der Waals surface area contributed by atoms with Crippen molar-refractivity contribution in [1.29, 1.82) is 0 Å². The van der Waals surface area contributed by atoms with Gasteiger partial charge in [0.25, 0.3) is 5.56 Å². The summed E-state index contributed by atoms with van der Waals surface area (Å²) in [6.45, 7) is 3.69. The van der Waals surface area contributed by atoms with Crippen molar-refractivity contribution in [3.63, 3.8) is 0 Å². The van der Waals surface area contributed by atoms with Gasteiger partial charge in [0, 0.05) is 31.6 Å². The summed E-state index contributed by atoms with van der Waals surface area (Å²) in [7, 11) is 5.73. The number of hydrogen-bond acceptors (Lipinski definition) is 4. The van der Waals surface area contributed by atoms with Crippen LogP contribution in [0.4, 0.5) is 0 Å². The molecule has 3 rings (SSSR count). The van der Waals surface area contributed by atoms with E-state index in [0.717, 1.165) is 18.5 Å². The Labute approximate surface area is 141 Å². The van der Waals surface area contributed by atoms with Gasteiger partial charge < -0.3 is 9.80 Å². The Kier molecular flexibility index (Phi) is 4.41. The lowest BCUT2D eigenvalue weighted by atomic mass is 10.1. The van der Waals surface area contributed by atoms with Crippen LogP contribution in [0.25, 0.3) is 10.8 Å². The molecule has 6 heteroatoms. The predicted octanol–water partition coefficient (Wildman–Crippen LogP) is 0.884. The van der Waals surface area contributed by atoms with E-state index in [-0.39, 0.29) is 17.9 Å². The number of hydrogen-bond donors (Lipinski definition) is 0. The smallest absolute Gasteiger partial charge is 0.274 e. The summed E-state index contributed by atoms with van der Waals surface area (Å²) in [5, 5.41) is 5.71. The molecule has 0 aliphatic carbocycles. The van der Waals surface area contributed by atoms with Crippen LogP contribution in [0.15, 0.2) is 29.1 Å². The van der Waals surface area contributed by atoms with Crippen LogP contribution >= 0.6 is 0 Å². The second-order valence-corrected chi connectivity index (χ2v) is 6.90. The number of rotatable bonds is 3. The standard InChI is InChI=1S/C18H24N4O2/c1-12-10-22(11-16(12)20(2)3)17(23)9-15-13-7-5-6-8-14(13)18(24)21(4)19-15/h5-8,12,16H,9-11H2,1-4H3/t12-,16+/m1/s1. The third-order valence-corrected chi connectivity index (χ3v) is 4.94. The maximum absolute atomic E-state index is 12.7. The van der Waals surface area contributed by atoms with Gasteiger partial charge in [-0.05, 0) is 26.1 Å². The lowest BCUT2D eigenvalue weighted by molar-refractivity contribution is -0.129. The van der Waals surface area contributed by atoms with Gasteiger partial charge in [0.05, 0.1) is 17.5 Å². The summed E-state index contributed by atoms with van der Waals surface area (Å²) in [6.07, 6.45) is 0.224. The summed E-state index contributed by atoms with van der Waals surface area (Å²) >= 11 is 0. The van der Waals surface area contributed by atoms with Gasteiger partial charge in [-0.3, -0.25) is 9.59 Å². The Hall–Kier alpha value is -2.21. The molecule has 0 radical (unpaired) electrons. The molecule has 1 aromatic heterocycles. The van der Waals surface area contributed by atoms with E-state index in [1.807, 2.05) is 23.1 Å². The zero-order valence-corrected chi connectivity index (χ0v) is 14.7. The molecule has 1 aliphatic rings. The molecule has 2 aromatic rings. The average molecular weight is 328 g/mol. The highest BCUT2D eigenvalue weighted by Crippen LogP contribution is 2.21. The summed E-state index contributed by atoms with van der Waals surface area (Å²) in [4.78, 5) is 29.0. The number of likely N-dealkylation sites (N-methyl/N-ethyl adjacent to an activating group) is 1. The topological polar surface area (TPSA) is 58.4 Å². The van der Waals surface area contributed by atoms with E-state index >= 15 is 0 Å². The van der Waals surface area contributed by atoms with Crippen molar-refractivity contribution < 1.29 is 4.79 Å². The minimum absolute atomic E-state index is 0.0718. The van der Waals surface area contributed by atoms with Crippen molar-refractivity contribution in [2.75, 3.05) is 27.2 Å².